The predicted octanol–water partition coefficient (Wildman–Crippen LogP) is 8.00. The second-order valence-electron chi connectivity index (χ2n) is 9.43. The molecule has 0 saturated carbocycles. The molecule has 0 radical (unpaired) electrons. The molecule has 0 fully saturated rings. The summed E-state index contributed by atoms with van der Waals surface area (Å²) in [6, 6.07) is 18.3. The third-order valence-corrected chi connectivity index (χ3v) is 26.4. The first-order valence-corrected chi connectivity index (χ1v) is 20.0. The Morgan fingerprint density at radius 1 is 0.800 bits per heavy atom. The number of benzene rings is 2. The van der Waals surface area contributed by atoms with Crippen LogP contribution in [0.5, 0.6) is 0 Å². The van der Waals surface area contributed by atoms with E-state index in [-0.39, 0.29) is 5.43 Å². The summed E-state index contributed by atoms with van der Waals surface area (Å²) in [6.07, 6.45) is 0. The van der Waals surface area contributed by atoms with E-state index in [1.165, 1.54) is 22.3 Å². The zero-order chi connectivity index (χ0) is 21.7. The van der Waals surface area contributed by atoms with Gasteiger partial charge in [0.1, 0.15) is 0 Å². The first kappa shape index (κ1) is 22.0. The van der Waals surface area contributed by atoms with Gasteiger partial charge in [-0.25, -0.2) is 0 Å². The maximum absolute atomic E-state index is 2.61. The Kier molecular flexibility index (Phi) is 6.12. The molecule has 0 N–H and O–H groups in total. The van der Waals surface area contributed by atoms with Crippen molar-refractivity contribution >= 4 is 11.0 Å². The number of hydrogen-bond donors (Lipinski definition) is 0. The maximum atomic E-state index is 2.61. The Bertz CT molecular complexity index is 1150. The third-order valence-electron chi connectivity index (χ3n) is 7.44. The molecule has 0 nitrogen and oxygen atoms in total. The zero-order valence-electron chi connectivity index (χ0n) is 19.8. The van der Waals surface area contributed by atoms with E-state index in [1.54, 1.807) is 27.9 Å². The molecular formula is C28H34SiZr. The van der Waals surface area contributed by atoms with Gasteiger partial charge in [-0.15, -0.1) is 0 Å². The van der Waals surface area contributed by atoms with E-state index in [0.717, 1.165) is 0 Å². The SMILES string of the molecule is CC1=C(C)C(C)[C]([Zr]([CH]2C(C)=C(c3ccccc3)c3ccc(C)cc32)=[Si](C)C)=C1C. The molecule has 0 aromatic heterocycles. The van der Waals surface area contributed by atoms with Crippen LogP contribution < -0.4 is 0 Å². The summed E-state index contributed by atoms with van der Waals surface area (Å²) in [7, 11) is 0. The van der Waals surface area contributed by atoms with Crippen LogP contribution in [0, 0.1) is 12.8 Å². The van der Waals surface area contributed by atoms with Gasteiger partial charge in [0, 0.05) is 0 Å². The summed E-state index contributed by atoms with van der Waals surface area (Å²) in [6.45, 7) is 19.6. The Morgan fingerprint density at radius 2 is 1.47 bits per heavy atom. The summed E-state index contributed by atoms with van der Waals surface area (Å²) < 4.78 is 2.60. The minimum absolute atomic E-state index is 0.364. The zero-order valence-corrected chi connectivity index (χ0v) is 23.2. The van der Waals surface area contributed by atoms with Crippen LogP contribution in [0.4, 0.5) is 0 Å². The van der Waals surface area contributed by atoms with Gasteiger partial charge in [0.25, 0.3) is 0 Å². The van der Waals surface area contributed by atoms with Crippen molar-refractivity contribution in [2.45, 2.75) is 58.3 Å². The Hall–Kier alpha value is -1.24. The van der Waals surface area contributed by atoms with E-state index in [2.05, 4.69) is 103 Å². The molecule has 2 aliphatic rings. The normalized spacial score (nSPS) is 20.9. The van der Waals surface area contributed by atoms with Crippen molar-refractivity contribution in [2.75, 3.05) is 0 Å². The van der Waals surface area contributed by atoms with E-state index in [9.17, 15) is 0 Å². The van der Waals surface area contributed by atoms with E-state index in [0.29, 0.717) is 9.54 Å². The Morgan fingerprint density at radius 3 is 2.03 bits per heavy atom. The van der Waals surface area contributed by atoms with Gasteiger partial charge in [-0.3, -0.25) is 0 Å². The predicted molar refractivity (Wildman–Crippen MR) is 130 cm³/mol. The number of hydrogen-bond acceptors (Lipinski definition) is 0. The first-order valence-electron chi connectivity index (χ1n) is 11.2. The van der Waals surface area contributed by atoms with Crippen molar-refractivity contribution in [1.29, 1.82) is 0 Å². The average molecular weight is 490 g/mol. The Labute approximate surface area is 191 Å². The van der Waals surface area contributed by atoms with Crippen molar-refractivity contribution in [3.63, 3.8) is 0 Å². The number of allylic oxidation sites excluding steroid dienone is 5. The van der Waals surface area contributed by atoms with Crippen LogP contribution in [0.25, 0.3) is 5.57 Å². The summed E-state index contributed by atoms with van der Waals surface area (Å²) in [4.78, 5) is 0. The van der Waals surface area contributed by atoms with Gasteiger partial charge in [-0.05, 0) is 0 Å². The molecule has 0 spiro atoms. The van der Waals surface area contributed by atoms with E-state index in [4.69, 9.17) is 0 Å². The van der Waals surface area contributed by atoms with Crippen molar-refractivity contribution in [2.24, 2.45) is 5.92 Å². The van der Waals surface area contributed by atoms with Gasteiger partial charge in [-0.2, -0.15) is 0 Å². The quantitative estimate of drug-likeness (QED) is 0.383. The van der Waals surface area contributed by atoms with Crippen LogP contribution in [-0.2, 0) is 20.4 Å². The topological polar surface area (TPSA) is 0 Å². The number of fused-ring (bicyclic) bond motifs is 1. The summed E-state index contributed by atoms with van der Waals surface area (Å²) >= 11 is -1.96. The van der Waals surface area contributed by atoms with Gasteiger partial charge in [-0.1, -0.05) is 0 Å². The van der Waals surface area contributed by atoms with Crippen LogP contribution >= 0.6 is 0 Å². The molecule has 2 aromatic carbocycles. The molecule has 2 heteroatoms. The molecule has 2 unspecified atom stereocenters. The van der Waals surface area contributed by atoms with E-state index < -0.39 is 20.4 Å². The van der Waals surface area contributed by atoms with Crippen molar-refractivity contribution < 1.29 is 20.4 Å². The van der Waals surface area contributed by atoms with Crippen molar-refractivity contribution in [1.82, 2.24) is 0 Å². The molecule has 0 aliphatic heterocycles. The Balaban J connectivity index is 1.99. The molecular weight excluding hydrogens is 456 g/mol. The van der Waals surface area contributed by atoms with Crippen LogP contribution in [0.2, 0.25) is 13.1 Å². The number of rotatable bonds is 3. The molecule has 0 heterocycles. The summed E-state index contributed by atoms with van der Waals surface area (Å²) in [5.74, 6) is 0.654. The molecule has 2 aromatic rings. The summed E-state index contributed by atoms with van der Waals surface area (Å²) in [5.41, 5.74) is 13.6. The van der Waals surface area contributed by atoms with Crippen LogP contribution in [0.1, 0.15) is 60.5 Å². The van der Waals surface area contributed by atoms with Crippen molar-refractivity contribution in [3.8, 4) is 0 Å². The molecule has 154 valence electrons. The fourth-order valence-electron chi connectivity index (χ4n) is 5.61. The van der Waals surface area contributed by atoms with Gasteiger partial charge < -0.3 is 0 Å². The monoisotopic (exact) mass is 488 g/mol. The van der Waals surface area contributed by atoms with E-state index >= 15 is 0 Å². The molecule has 30 heavy (non-hydrogen) atoms. The van der Waals surface area contributed by atoms with E-state index in [1.807, 2.05) is 3.28 Å². The minimum atomic E-state index is -1.96. The fraction of sp³-hybridized carbons (Fsp3) is 0.357. The second-order valence-corrected chi connectivity index (χ2v) is 26.8. The molecule has 2 atom stereocenters. The van der Waals surface area contributed by atoms with Crippen molar-refractivity contribution in [3.05, 3.63) is 96.4 Å². The average Bonchev–Trinajstić information content (AvgIpc) is 3.10. The molecule has 0 amide bonds. The standard InChI is InChI=1S/C17H15.C9H13.C2H6Si.Zr/c1-12-8-9-16-15(10-12)11-13(2)17(16)14-6-4-3-5-7-14;1-6-5-7(2)9(4)8(6)3;1-3-2;/h3-11H,1-2H3;6H,1-4H3;1-2H3;. The van der Waals surface area contributed by atoms with Gasteiger partial charge >= 0.3 is 192 Å². The van der Waals surface area contributed by atoms with Crippen LogP contribution in [0.3, 0.4) is 0 Å². The van der Waals surface area contributed by atoms with Crippen LogP contribution in [0.15, 0.2) is 74.1 Å². The van der Waals surface area contributed by atoms with Gasteiger partial charge in [0.2, 0.25) is 0 Å². The molecule has 0 saturated heterocycles. The second kappa shape index (κ2) is 8.36. The van der Waals surface area contributed by atoms with Gasteiger partial charge in [0.05, 0.1) is 0 Å². The third kappa shape index (κ3) is 3.45. The molecule has 0 bridgehead atoms. The molecule has 2 aliphatic carbocycles. The first-order chi connectivity index (χ1) is 14.2. The van der Waals surface area contributed by atoms with Crippen LogP contribution in [-0.4, -0.2) is 5.43 Å². The molecule has 4 rings (SSSR count). The fourth-order valence-corrected chi connectivity index (χ4v) is 26.2. The number of aryl methyl sites for hydroxylation is 1. The summed E-state index contributed by atoms with van der Waals surface area (Å²) in [5, 5.41) is 0. The van der Waals surface area contributed by atoms with Gasteiger partial charge in [0.15, 0.2) is 0 Å².